The second-order valence-corrected chi connectivity index (χ2v) is 8.33. The zero-order chi connectivity index (χ0) is 25.4. The van der Waals surface area contributed by atoms with Gasteiger partial charge in [-0.15, -0.1) is 0 Å². The predicted molar refractivity (Wildman–Crippen MR) is 125 cm³/mol. The Balaban J connectivity index is 0.000000461. The summed E-state index contributed by atoms with van der Waals surface area (Å²) in [6, 6.07) is 3.74. The maximum absolute atomic E-state index is 11.6. The molecular formula is C25H43F3N2O3. The van der Waals surface area contributed by atoms with Crippen LogP contribution in [0.5, 0.6) is 0 Å². The average Bonchev–Trinajstić information content (AvgIpc) is 2.76. The van der Waals surface area contributed by atoms with Crippen molar-refractivity contribution in [2.75, 3.05) is 19.7 Å². The molecule has 1 aromatic heterocycles. The van der Waals surface area contributed by atoms with Gasteiger partial charge in [0.2, 0.25) is 5.91 Å². The molecule has 0 spiro atoms. The molecule has 1 atom stereocenters. The molecule has 8 heteroatoms. The number of hydrogen-bond acceptors (Lipinski definition) is 4. The van der Waals surface area contributed by atoms with Crippen LogP contribution < -0.4 is 0 Å². The molecular weight excluding hydrogens is 433 g/mol. The fourth-order valence-electron chi connectivity index (χ4n) is 3.65. The molecule has 1 aromatic rings. The van der Waals surface area contributed by atoms with Crippen molar-refractivity contribution in [3.8, 4) is 0 Å². The van der Waals surface area contributed by atoms with Crippen LogP contribution in [-0.4, -0.2) is 51.9 Å². The zero-order valence-electron chi connectivity index (χ0n) is 20.9. The summed E-state index contributed by atoms with van der Waals surface area (Å²) >= 11 is 0. The number of amides is 1. The third-order valence-corrected chi connectivity index (χ3v) is 6.13. The number of aromatic nitrogens is 1. The minimum absolute atomic E-state index is 0.0556. The third kappa shape index (κ3) is 12.4. The van der Waals surface area contributed by atoms with Crippen LogP contribution in [0, 0.1) is 24.7 Å². The second kappa shape index (κ2) is 16.9. The Hall–Kier alpha value is -1.67. The topological polar surface area (TPSA) is 73.7 Å². The molecule has 1 unspecified atom stereocenters. The highest BCUT2D eigenvalue weighted by Crippen LogP contribution is 2.38. The molecule has 33 heavy (non-hydrogen) atoms. The number of carbonyl (C=O) groups is 1. The molecule has 0 radical (unpaired) electrons. The Morgan fingerprint density at radius 1 is 1.12 bits per heavy atom. The van der Waals surface area contributed by atoms with Gasteiger partial charge in [-0.25, -0.2) is 0 Å². The monoisotopic (exact) mass is 476 g/mol. The van der Waals surface area contributed by atoms with E-state index in [4.69, 9.17) is 10.2 Å². The Morgan fingerprint density at radius 2 is 1.67 bits per heavy atom. The lowest BCUT2D eigenvalue weighted by molar-refractivity contribution is -0.184. The summed E-state index contributed by atoms with van der Waals surface area (Å²) in [6.45, 7) is 10.3. The standard InChI is InChI=1S/C11H19NO.C7H9NO.C5H9F3O.C2H6/c1-9(13)12-7-5-11(6-8-12)10-3-2-4-10;1-6-2-3-7(5-9)4-8-6;1-2-4(3-9)5(6,7)8;1-2/h10-11H,2-8H2,1H3;2-4,9H,5H2,1H3;4,9H,2-3H2,1H3;1-2H3. The molecule has 1 saturated heterocycles. The second-order valence-electron chi connectivity index (χ2n) is 8.33. The van der Waals surface area contributed by atoms with Gasteiger partial charge in [-0.3, -0.25) is 9.78 Å². The van der Waals surface area contributed by atoms with Crippen LogP contribution in [0.15, 0.2) is 18.3 Å². The van der Waals surface area contributed by atoms with Crippen LogP contribution in [0.25, 0.3) is 0 Å². The van der Waals surface area contributed by atoms with Gasteiger partial charge < -0.3 is 15.1 Å². The highest BCUT2D eigenvalue weighted by molar-refractivity contribution is 5.73. The fourth-order valence-corrected chi connectivity index (χ4v) is 3.65. The van der Waals surface area contributed by atoms with E-state index in [1.165, 1.54) is 39.0 Å². The van der Waals surface area contributed by atoms with Gasteiger partial charge in [-0.05, 0) is 49.7 Å². The molecule has 192 valence electrons. The first-order chi connectivity index (χ1) is 15.6. The summed E-state index contributed by atoms with van der Waals surface area (Å²) in [5, 5.41) is 16.7. The van der Waals surface area contributed by atoms with Gasteiger partial charge in [-0.1, -0.05) is 46.1 Å². The summed E-state index contributed by atoms with van der Waals surface area (Å²) < 4.78 is 34.7. The van der Waals surface area contributed by atoms with Gasteiger partial charge >= 0.3 is 6.18 Å². The summed E-state index contributed by atoms with van der Waals surface area (Å²) in [7, 11) is 0. The molecule has 2 aliphatic rings. The largest absolute Gasteiger partial charge is 0.396 e. The number of halogens is 3. The lowest BCUT2D eigenvalue weighted by atomic mass is 9.72. The fraction of sp³-hybridized carbons (Fsp3) is 0.760. The Morgan fingerprint density at radius 3 is 1.94 bits per heavy atom. The first-order valence-corrected chi connectivity index (χ1v) is 12.1. The van der Waals surface area contributed by atoms with Crippen LogP contribution in [0.3, 0.4) is 0 Å². The Kier molecular flexibility index (Phi) is 16.0. The maximum atomic E-state index is 11.6. The molecule has 0 aromatic carbocycles. The van der Waals surface area contributed by atoms with Gasteiger partial charge in [0.1, 0.15) is 0 Å². The van der Waals surface area contributed by atoms with E-state index in [9.17, 15) is 18.0 Å². The smallest absolute Gasteiger partial charge is 0.393 e. The Labute approximate surface area is 197 Å². The molecule has 1 aliphatic carbocycles. The van der Waals surface area contributed by atoms with Crippen molar-refractivity contribution in [3.63, 3.8) is 0 Å². The van der Waals surface area contributed by atoms with E-state index >= 15 is 0 Å². The molecule has 1 saturated carbocycles. The molecule has 1 aliphatic heterocycles. The summed E-state index contributed by atoms with van der Waals surface area (Å²) in [6.07, 6.45) is 4.24. The van der Waals surface area contributed by atoms with Crippen LogP contribution in [0.1, 0.15) is 77.5 Å². The molecule has 3 rings (SSSR count). The van der Waals surface area contributed by atoms with Gasteiger partial charge in [-0.2, -0.15) is 13.2 Å². The molecule has 1 amide bonds. The first kappa shape index (κ1) is 31.3. The number of carbonyl (C=O) groups excluding carboxylic acids is 1. The number of pyridine rings is 1. The SMILES string of the molecule is CC.CC(=O)N1CCC(C2CCC2)CC1.CCC(CO)C(F)(F)F.Cc1ccc(CO)cn1. The minimum atomic E-state index is -4.23. The number of aliphatic hydroxyl groups excluding tert-OH is 2. The van der Waals surface area contributed by atoms with E-state index in [2.05, 4.69) is 4.98 Å². The van der Waals surface area contributed by atoms with Crippen molar-refractivity contribution in [1.29, 1.82) is 0 Å². The van der Waals surface area contributed by atoms with Crippen molar-refractivity contribution >= 4 is 5.91 Å². The van der Waals surface area contributed by atoms with E-state index in [0.29, 0.717) is 0 Å². The third-order valence-electron chi connectivity index (χ3n) is 6.13. The molecule has 0 bridgehead atoms. The number of rotatable bonds is 4. The normalized spacial score (nSPS) is 17.2. The van der Waals surface area contributed by atoms with Crippen molar-refractivity contribution in [1.82, 2.24) is 9.88 Å². The number of aliphatic hydroxyl groups is 2. The van der Waals surface area contributed by atoms with Gasteiger partial charge in [0.25, 0.3) is 0 Å². The van der Waals surface area contributed by atoms with Crippen LogP contribution in [0.4, 0.5) is 13.2 Å². The maximum Gasteiger partial charge on any atom is 0.393 e. The van der Waals surface area contributed by atoms with Crippen LogP contribution in [0.2, 0.25) is 0 Å². The molecule has 2 N–H and O–H groups in total. The lowest BCUT2D eigenvalue weighted by Crippen LogP contribution is -2.39. The zero-order valence-corrected chi connectivity index (χ0v) is 20.9. The van der Waals surface area contributed by atoms with Gasteiger partial charge in [0.15, 0.2) is 0 Å². The first-order valence-electron chi connectivity index (χ1n) is 12.1. The quantitative estimate of drug-likeness (QED) is 0.600. The lowest BCUT2D eigenvalue weighted by Gasteiger charge is -2.39. The predicted octanol–water partition coefficient (Wildman–Crippen LogP) is 5.52. The molecule has 2 heterocycles. The number of hydrogen-bond donors (Lipinski definition) is 2. The molecule has 2 fully saturated rings. The van der Waals surface area contributed by atoms with E-state index in [1.807, 2.05) is 37.8 Å². The van der Waals surface area contributed by atoms with Crippen LogP contribution in [-0.2, 0) is 11.4 Å². The minimum Gasteiger partial charge on any atom is -0.396 e. The Bertz CT molecular complexity index is 623. The van der Waals surface area contributed by atoms with Crippen molar-refractivity contribution in [2.24, 2.45) is 17.8 Å². The number of piperidine rings is 1. The van der Waals surface area contributed by atoms with E-state index in [1.54, 1.807) is 13.1 Å². The van der Waals surface area contributed by atoms with Gasteiger partial charge in [0.05, 0.1) is 19.1 Å². The van der Waals surface area contributed by atoms with E-state index < -0.39 is 18.7 Å². The number of aryl methyl sites for hydroxylation is 1. The summed E-state index contributed by atoms with van der Waals surface area (Å²) in [5.74, 6) is 0.656. The van der Waals surface area contributed by atoms with Crippen molar-refractivity contribution in [3.05, 3.63) is 29.6 Å². The van der Waals surface area contributed by atoms with Crippen molar-refractivity contribution in [2.45, 2.75) is 85.9 Å². The van der Waals surface area contributed by atoms with Crippen molar-refractivity contribution < 1.29 is 28.2 Å². The van der Waals surface area contributed by atoms with E-state index in [0.717, 1.165) is 36.2 Å². The van der Waals surface area contributed by atoms with Crippen LogP contribution >= 0.6 is 0 Å². The van der Waals surface area contributed by atoms with Gasteiger partial charge in [0, 0.05) is 31.9 Å². The summed E-state index contributed by atoms with van der Waals surface area (Å²) in [5.41, 5.74) is 1.84. The number of nitrogens with zero attached hydrogens (tertiary/aromatic N) is 2. The highest BCUT2D eigenvalue weighted by Gasteiger charge is 2.37. The number of likely N-dealkylation sites (tertiary alicyclic amines) is 1. The number of alkyl halides is 3. The average molecular weight is 477 g/mol. The highest BCUT2D eigenvalue weighted by atomic mass is 19.4. The van der Waals surface area contributed by atoms with E-state index in [-0.39, 0.29) is 18.9 Å². The molecule has 5 nitrogen and oxygen atoms in total. The summed E-state index contributed by atoms with van der Waals surface area (Å²) in [4.78, 5) is 17.1.